The molecule has 1 atom stereocenters. The molecule has 0 saturated carbocycles. The lowest BCUT2D eigenvalue weighted by atomic mass is 10.1. The molecule has 3 nitrogen and oxygen atoms in total. The van der Waals surface area contributed by atoms with Crippen molar-refractivity contribution in [3.63, 3.8) is 0 Å². The van der Waals surface area contributed by atoms with Crippen molar-refractivity contribution in [2.75, 3.05) is 0 Å². The molecular weight excluding hydrogens is 142 g/mol. The number of carbonyl (C=O) groups excluding carboxylic acids is 1. The zero-order valence-electron chi connectivity index (χ0n) is 7.22. The molecule has 64 valence electrons. The highest BCUT2D eigenvalue weighted by atomic mass is 16.3. The van der Waals surface area contributed by atoms with Gasteiger partial charge < -0.3 is 10.8 Å². The number of hydrogen-bond donors (Lipinski definition) is 2. The van der Waals surface area contributed by atoms with Crippen LogP contribution in [0.1, 0.15) is 27.2 Å². The minimum atomic E-state index is -0.936. The van der Waals surface area contributed by atoms with Gasteiger partial charge in [-0.15, -0.1) is 0 Å². The number of aliphatic hydroxyl groups excluding tert-OH is 1. The van der Waals surface area contributed by atoms with E-state index in [4.69, 9.17) is 10.8 Å². The first kappa shape index (κ1) is 10.3. The molecule has 11 heavy (non-hydrogen) atoms. The number of ketones is 1. The van der Waals surface area contributed by atoms with Gasteiger partial charge in [-0.25, -0.2) is 0 Å². The number of carbonyl (C=O) groups is 1. The van der Waals surface area contributed by atoms with E-state index < -0.39 is 6.23 Å². The molecule has 0 radical (unpaired) electrons. The van der Waals surface area contributed by atoms with Gasteiger partial charge >= 0.3 is 0 Å². The van der Waals surface area contributed by atoms with E-state index in [9.17, 15) is 4.79 Å². The average molecular weight is 157 g/mol. The second-order valence-electron chi connectivity index (χ2n) is 2.79. The highest BCUT2D eigenvalue weighted by Crippen LogP contribution is 2.09. The van der Waals surface area contributed by atoms with Crippen molar-refractivity contribution in [2.45, 2.75) is 33.4 Å². The molecule has 0 amide bonds. The molecule has 1 unspecified atom stereocenters. The van der Waals surface area contributed by atoms with Gasteiger partial charge in [-0.1, -0.05) is 5.57 Å². The Hall–Kier alpha value is -0.670. The number of nitrogens with two attached hydrogens (primary N) is 1. The van der Waals surface area contributed by atoms with Gasteiger partial charge in [-0.2, -0.15) is 0 Å². The Balaban J connectivity index is 4.28. The van der Waals surface area contributed by atoms with Crippen molar-refractivity contribution >= 4 is 5.78 Å². The lowest BCUT2D eigenvalue weighted by Crippen LogP contribution is -2.21. The Morgan fingerprint density at radius 2 is 1.91 bits per heavy atom. The van der Waals surface area contributed by atoms with E-state index in [-0.39, 0.29) is 5.78 Å². The number of aliphatic hydroxyl groups is 1. The van der Waals surface area contributed by atoms with Crippen LogP contribution in [-0.2, 0) is 4.79 Å². The molecular formula is C8H15NO2. The minimum Gasteiger partial charge on any atom is -0.375 e. The fourth-order valence-electron chi connectivity index (χ4n) is 0.765. The van der Waals surface area contributed by atoms with Crippen LogP contribution in [0.3, 0.4) is 0 Å². The Kier molecular flexibility index (Phi) is 4.00. The van der Waals surface area contributed by atoms with E-state index in [2.05, 4.69) is 0 Å². The Labute approximate surface area is 66.9 Å². The van der Waals surface area contributed by atoms with Crippen LogP contribution < -0.4 is 5.73 Å². The van der Waals surface area contributed by atoms with Crippen molar-refractivity contribution < 1.29 is 9.90 Å². The topological polar surface area (TPSA) is 63.3 Å². The number of Topliss-reactive ketones (excluding diaryl/α,β-unsaturated/α-hetero) is 1. The zero-order valence-corrected chi connectivity index (χ0v) is 7.22. The third-order valence-corrected chi connectivity index (χ3v) is 1.63. The van der Waals surface area contributed by atoms with Crippen molar-refractivity contribution in [1.29, 1.82) is 0 Å². The maximum absolute atomic E-state index is 10.6. The van der Waals surface area contributed by atoms with E-state index in [0.29, 0.717) is 12.0 Å². The van der Waals surface area contributed by atoms with Gasteiger partial charge in [0.25, 0.3) is 0 Å². The van der Waals surface area contributed by atoms with Crippen LogP contribution in [0.2, 0.25) is 0 Å². The number of hydrogen-bond acceptors (Lipinski definition) is 3. The van der Waals surface area contributed by atoms with Gasteiger partial charge in [0, 0.05) is 6.42 Å². The van der Waals surface area contributed by atoms with Crippen LogP contribution in [0, 0.1) is 0 Å². The summed E-state index contributed by atoms with van der Waals surface area (Å²) >= 11 is 0. The SMILES string of the molecule is CC(=O)C/C(C)=C(/C)C(N)O. The summed E-state index contributed by atoms with van der Waals surface area (Å²) in [5.74, 6) is 0.0856. The molecule has 0 aromatic carbocycles. The zero-order chi connectivity index (χ0) is 9.02. The minimum absolute atomic E-state index is 0.0856. The second kappa shape index (κ2) is 4.26. The lowest BCUT2D eigenvalue weighted by Gasteiger charge is -2.08. The monoisotopic (exact) mass is 157 g/mol. The van der Waals surface area contributed by atoms with Crippen molar-refractivity contribution in [2.24, 2.45) is 5.73 Å². The molecule has 0 aromatic rings. The lowest BCUT2D eigenvalue weighted by molar-refractivity contribution is -0.116. The van der Waals surface area contributed by atoms with E-state index in [1.54, 1.807) is 13.8 Å². The van der Waals surface area contributed by atoms with Crippen molar-refractivity contribution in [3.05, 3.63) is 11.1 Å². The molecule has 0 heterocycles. The first-order chi connectivity index (χ1) is 4.95. The summed E-state index contributed by atoms with van der Waals surface area (Å²) in [5, 5.41) is 8.91. The summed E-state index contributed by atoms with van der Waals surface area (Å²) in [6, 6.07) is 0. The normalized spacial score (nSPS) is 15.7. The van der Waals surface area contributed by atoms with Crippen LogP contribution in [0.25, 0.3) is 0 Å². The van der Waals surface area contributed by atoms with E-state index >= 15 is 0 Å². The third-order valence-electron chi connectivity index (χ3n) is 1.63. The predicted octanol–water partition coefficient (Wildman–Crippen LogP) is 0.579. The summed E-state index contributed by atoms with van der Waals surface area (Å²) in [6.45, 7) is 5.04. The standard InChI is InChI=1S/C8H15NO2/c1-5(4-6(2)10)7(3)8(9)11/h8,11H,4,9H2,1-3H3/b7-5-. The summed E-state index contributed by atoms with van der Waals surface area (Å²) < 4.78 is 0. The second-order valence-corrected chi connectivity index (χ2v) is 2.79. The van der Waals surface area contributed by atoms with Gasteiger partial charge in [0.15, 0.2) is 0 Å². The van der Waals surface area contributed by atoms with E-state index in [0.717, 1.165) is 5.57 Å². The van der Waals surface area contributed by atoms with Gasteiger partial charge in [-0.05, 0) is 26.3 Å². The molecule has 0 bridgehead atoms. The summed E-state index contributed by atoms with van der Waals surface area (Å²) in [4.78, 5) is 10.6. The van der Waals surface area contributed by atoms with Gasteiger partial charge in [0.2, 0.25) is 0 Å². The molecule has 3 N–H and O–H groups in total. The number of allylic oxidation sites excluding steroid dienone is 1. The molecule has 0 aliphatic carbocycles. The van der Waals surface area contributed by atoms with Crippen LogP contribution >= 0.6 is 0 Å². The highest BCUT2D eigenvalue weighted by molar-refractivity contribution is 5.78. The molecule has 0 aliphatic heterocycles. The molecule has 0 aromatic heterocycles. The number of rotatable bonds is 3. The van der Waals surface area contributed by atoms with Crippen molar-refractivity contribution in [1.82, 2.24) is 0 Å². The molecule has 0 spiro atoms. The van der Waals surface area contributed by atoms with Crippen LogP contribution in [0.4, 0.5) is 0 Å². The van der Waals surface area contributed by atoms with Gasteiger partial charge in [0.05, 0.1) is 0 Å². The average Bonchev–Trinajstić information content (AvgIpc) is 1.84. The van der Waals surface area contributed by atoms with Gasteiger partial charge in [0.1, 0.15) is 12.0 Å². The smallest absolute Gasteiger partial charge is 0.133 e. The Morgan fingerprint density at radius 1 is 1.45 bits per heavy atom. The Bertz CT molecular complexity index is 183. The highest BCUT2D eigenvalue weighted by Gasteiger charge is 2.04. The quantitative estimate of drug-likeness (QED) is 0.465. The third kappa shape index (κ3) is 3.91. The first-order valence-corrected chi connectivity index (χ1v) is 3.54. The van der Waals surface area contributed by atoms with Crippen LogP contribution in [-0.4, -0.2) is 17.1 Å². The summed E-state index contributed by atoms with van der Waals surface area (Å²) in [7, 11) is 0. The Morgan fingerprint density at radius 3 is 2.18 bits per heavy atom. The largest absolute Gasteiger partial charge is 0.375 e. The maximum Gasteiger partial charge on any atom is 0.133 e. The van der Waals surface area contributed by atoms with Crippen molar-refractivity contribution in [3.8, 4) is 0 Å². The fraction of sp³-hybridized carbons (Fsp3) is 0.625. The van der Waals surface area contributed by atoms with E-state index in [1.807, 2.05) is 0 Å². The van der Waals surface area contributed by atoms with Crippen LogP contribution in [0.5, 0.6) is 0 Å². The molecule has 0 fully saturated rings. The van der Waals surface area contributed by atoms with E-state index in [1.165, 1.54) is 6.92 Å². The molecule has 0 aliphatic rings. The first-order valence-electron chi connectivity index (χ1n) is 3.54. The van der Waals surface area contributed by atoms with Crippen LogP contribution in [0.15, 0.2) is 11.1 Å². The molecule has 0 saturated heterocycles. The fourth-order valence-corrected chi connectivity index (χ4v) is 0.765. The summed E-state index contributed by atoms with van der Waals surface area (Å²) in [5.41, 5.74) is 6.73. The predicted molar refractivity (Wildman–Crippen MR) is 43.9 cm³/mol. The van der Waals surface area contributed by atoms with Gasteiger partial charge in [-0.3, -0.25) is 4.79 Å². The maximum atomic E-state index is 10.6. The molecule has 3 heteroatoms. The summed E-state index contributed by atoms with van der Waals surface area (Å²) in [6.07, 6.45) is -0.561. The molecule has 0 rings (SSSR count).